The van der Waals surface area contributed by atoms with Crippen LogP contribution in [0.15, 0.2) is 47.7 Å². The number of rotatable bonds is 4. The zero-order valence-electron chi connectivity index (χ0n) is 19.2. The molecule has 2 aliphatic carbocycles. The molecule has 5 rings (SSSR count). The van der Waals surface area contributed by atoms with Crippen LogP contribution in [0, 0.1) is 11.7 Å². The van der Waals surface area contributed by atoms with Gasteiger partial charge >= 0.3 is 12.2 Å². The number of carbonyl (C=O) groups excluding carboxylic acids is 4. The first-order chi connectivity index (χ1) is 16.7. The van der Waals surface area contributed by atoms with Crippen LogP contribution in [0.5, 0.6) is 0 Å². The maximum Gasteiger partial charge on any atom is 0.411 e. The first kappa shape index (κ1) is 23.1. The Kier molecular flexibility index (Phi) is 5.61. The van der Waals surface area contributed by atoms with Gasteiger partial charge in [-0.25, -0.2) is 14.0 Å². The van der Waals surface area contributed by atoms with Crippen LogP contribution >= 0.6 is 0 Å². The summed E-state index contributed by atoms with van der Waals surface area (Å²) in [6.07, 6.45) is 3.74. The number of halogens is 1. The Balaban J connectivity index is 1.32. The van der Waals surface area contributed by atoms with E-state index >= 15 is 0 Å². The molecule has 3 fully saturated rings. The monoisotopic (exact) mass is 483 g/mol. The molecule has 3 amide bonds. The lowest BCUT2D eigenvalue weighted by Crippen LogP contribution is -2.44. The molecule has 10 heteroatoms. The van der Waals surface area contributed by atoms with Gasteiger partial charge in [-0.2, -0.15) is 0 Å². The summed E-state index contributed by atoms with van der Waals surface area (Å²) in [5.41, 5.74) is 5.53. The molecule has 184 valence electrons. The van der Waals surface area contributed by atoms with E-state index in [4.69, 9.17) is 15.2 Å². The maximum atomic E-state index is 13.4. The Morgan fingerprint density at radius 1 is 1.17 bits per heavy atom. The first-order valence-corrected chi connectivity index (χ1v) is 11.7. The number of Topliss-reactive ketones (excluding diaryl/α,β-unsaturated/α-hetero) is 1. The summed E-state index contributed by atoms with van der Waals surface area (Å²) >= 11 is 0. The average Bonchev–Trinajstić information content (AvgIpc) is 3.46. The second-order valence-electron chi connectivity index (χ2n) is 9.54. The molecule has 1 aromatic rings. The fraction of sp³-hybridized carbons (Fsp3) is 0.440. The minimum Gasteiger partial charge on any atom is -0.436 e. The number of nitrogens with zero attached hydrogens (tertiary/aromatic N) is 2. The minimum absolute atomic E-state index is 0.0199. The molecule has 2 saturated heterocycles. The fourth-order valence-corrected chi connectivity index (χ4v) is 5.85. The molecular weight excluding hydrogens is 457 g/mol. The summed E-state index contributed by atoms with van der Waals surface area (Å²) in [7, 11) is 0. The normalized spacial score (nSPS) is 29.7. The lowest BCUT2D eigenvalue weighted by Gasteiger charge is -2.30. The van der Waals surface area contributed by atoms with Crippen LogP contribution < -0.4 is 5.73 Å². The molecule has 2 N–H and O–H groups in total. The third kappa shape index (κ3) is 3.96. The van der Waals surface area contributed by atoms with Gasteiger partial charge in [-0.1, -0.05) is 18.2 Å². The average molecular weight is 483 g/mol. The van der Waals surface area contributed by atoms with Crippen LogP contribution in [0.3, 0.4) is 0 Å². The maximum absolute atomic E-state index is 13.4. The summed E-state index contributed by atoms with van der Waals surface area (Å²) in [5, 5.41) is 0. The van der Waals surface area contributed by atoms with Crippen molar-refractivity contribution in [2.45, 2.75) is 50.3 Å². The number of carbonyl (C=O) groups is 4. The Morgan fingerprint density at radius 3 is 2.63 bits per heavy atom. The number of benzene rings is 1. The molecule has 1 unspecified atom stereocenters. The summed E-state index contributed by atoms with van der Waals surface area (Å²) < 4.78 is 23.9. The molecule has 9 nitrogen and oxygen atoms in total. The lowest BCUT2D eigenvalue weighted by molar-refractivity contribution is -0.134. The molecule has 1 saturated carbocycles. The predicted octanol–water partition coefficient (Wildman–Crippen LogP) is 2.97. The smallest absolute Gasteiger partial charge is 0.411 e. The Morgan fingerprint density at radius 2 is 1.91 bits per heavy atom. The second kappa shape index (κ2) is 8.51. The topological polar surface area (TPSA) is 119 Å². The van der Waals surface area contributed by atoms with Crippen LogP contribution in [-0.4, -0.2) is 58.4 Å². The van der Waals surface area contributed by atoms with Gasteiger partial charge in [0.15, 0.2) is 11.4 Å². The lowest BCUT2D eigenvalue weighted by atomic mass is 9.86. The van der Waals surface area contributed by atoms with Gasteiger partial charge in [0.05, 0.1) is 18.5 Å². The van der Waals surface area contributed by atoms with E-state index in [1.54, 1.807) is 23.1 Å². The van der Waals surface area contributed by atoms with Crippen LogP contribution in [0.25, 0.3) is 0 Å². The number of ketones is 1. The minimum atomic E-state index is -1.07. The molecule has 0 bridgehead atoms. The standard InChI is InChI=1S/C25H26FN3O6/c1-14-2-8-19(15-3-5-16(26)6-4-15)29(14)21(30)12-28-13-25(35-24(28)33)11-10-17-18(25)7-9-20(22(17)31)34-23(27)32/h3-7,9,14,17,19H,2,8,10-13H2,1H3,(H2,27,32)/t14-,17?,19-,25-/m0/s1. The quantitative estimate of drug-likeness (QED) is 0.703. The number of amides is 3. The van der Waals surface area contributed by atoms with Gasteiger partial charge in [-0.05, 0) is 62.0 Å². The third-order valence-electron chi connectivity index (χ3n) is 7.45. The molecule has 2 aliphatic heterocycles. The first-order valence-electron chi connectivity index (χ1n) is 11.7. The summed E-state index contributed by atoms with van der Waals surface area (Å²) in [6.45, 7) is 1.96. The number of fused-ring (bicyclic) bond motifs is 2. The fourth-order valence-electron chi connectivity index (χ4n) is 5.85. The number of allylic oxidation sites excluding steroid dienone is 3. The molecule has 1 aromatic carbocycles. The molecule has 4 atom stereocenters. The van der Waals surface area contributed by atoms with Gasteiger partial charge in [-0.3, -0.25) is 14.5 Å². The number of hydrogen-bond donors (Lipinski definition) is 1. The van der Waals surface area contributed by atoms with Crippen LogP contribution in [-0.2, 0) is 19.1 Å². The van der Waals surface area contributed by atoms with Gasteiger partial charge in [0.25, 0.3) is 0 Å². The van der Waals surface area contributed by atoms with Crippen LogP contribution in [0.1, 0.15) is 44.2 Å². The Hall–Kier alpha value is -3.69. The highest BCUT2D eigenvalue weighted by atomic mass is 19.1. The van der Waals surface area contributed by atoms with E-state index in [9.17, 15) is 23.6 Å². The van der Waals surface area contributed by atoms with Crippen molar-refractivity contribution in [3.8, 4) is 0 Å². The number of primary amides is 1. The largest absolute Gasteiger partial charge is 0.436 e. The SMILES string of the molecule is C[C@H]1CC[C@@H](c2ccc(F)cc2)N1C(=O)CN1C[C@]2(CCC3C(=O)C(OC(N)=O)=CC=C32)OC1=O. The van der Waals surface area contributed by atoms with Crippen molar-refractivity contribution in [1.29, 1.82) is 0 Å². The van der Waals surface area contributed by atoms with E-state index in [2.05, 4.69) is 0 Å². The van der Waals surface area contributed by atoms with Crippen molar-refractivity contribution >= 4 is 23.9 Å². The second-order valence-corrected chi connectivity index (χ2v) is 9.54. The van der Waals surface area contributed by atoms with Crippen molar-refractivity contribution in [2.75, 3.05) is 13.1 Å². The predicted molar refractivity (Wildman–Crippen MR) is 120 cm³/mol. The van der Waals surface area contributed by atoms with Crippen LogP contribution in [0.4, 0.5) is 14.0 Å². The van der Waals surface area contributed by atoms with Crippen LogP contribution in [0.2, 0.25) is 0 Å². The molecule has 1 spiro atoms. The molecule has 0 radical (unpaired) electrons. The third-order valence-corrected chi connectivity index (χ3v) is 7.45. The number of hydrogen-bond acceptors (Lipinski definition) is 6. The molecule has 0 aromatic heterocycles. The van der Waals surface area contributed by atoms with Gasteiger partial charge in [-0.15, -0.1) is 0 Å². The Labute approximate surface area is 201 Å². The summed E-state index contributed by atoms with van der Waals surface area (Å²) in [4.78, 5) is 53.1. The van der Waals surface area contributed by atoms with Crippen molar-refractivity contribution in [3.63, 3.8) is 0 Å². The van der Waals surface area contributed by atoms with E-state index < -0.39 is 23.7 Å². The van der Waals surface area contributed by atoms with Gasteiger partial charge in [0.1, 0.15) is 12.4 Å². The van der Waals surface area contributed by atoms with Gasteiger partial charge in [0, 0.05) is 6.04 Å². The number of likely N-dealkylation sites (tertiary alicyclic amines) is 1. The van der Waals surface area contributed by atoms with Gasteiger partial charge in [0.2, 0.25) is 11.7 Å². The van der Waals surface area contributed by atoms with Crippen molar-refractivity contribution in [3.05, 3.63) is 59.1 Å². The molecule has 35 heavy (non-hydrogen) atoms. The molecule has 4 aliphatic rings. The summed E-state index contributed by atoms with van der Waals surface area (Å²) in [5.74, 6) is -1.62. The van der Waals surface area contributed by atoms with E-state index in [1.165, 1.54) is 23.1 Å². The molecular formula is C25H26FN3O6. The molecule has 2 heterocycles. The zero-order valence-corrected chi connectivity index (χ0v) is 19.2. The Bertz CT molecular complexity index is 1160. The van der Waals surface area contributed by atoms with Crippen molar-refractivity contribution in [2.24, 2.45) is 11.7 Å². The van der Waals surface area contributed by atoms with E-state index in [0.29, 0.717) is 18.4 Å². The number of nitrogens with two attached hydrogens (primary N) is 1. The highest BCUT2D eigenvalue weighted by Gasteiger charge is 2.56. The van der Waals surface area contributed by atoms with Gasteiger partial charge < -0.3 is 20.1 Å². The zero-order chi connectivity index (χ0) is 24.9. The summed E-state index contributed by atoms with van der Waals surface area (Å²) in [6, 6.07) is 5.93. The highest BCUT2D eigenvalue weighted by molar-refractivity contribution is 6.01. The van der Waals surface area contributed by atoms with E-state index in [1.807, 2.05) is 6.92 Å². The highest BCUT2D eigenvalue weighted by Crippen LogP contribution is 2.48. The van der Waals surface area contributed by atoms with Crippen molar-refractivity contribution < 1.29 is 33.0 Å². The van der Waals surface area contributed by atoms with E-state index in [-0.39, 0.29) is 48.4 Å². The van der Waals surface area contributed by atoms with Crippen molar-refractivity contribution in [1.82, 2.24) is 9.80 Å². The number of ether oxygens (including phenoxy) is 2. The van der Waals surface area contributed by atoms with E-state index in [0.717, 1.165) is 18.4 Å².